The fourth-order valence-corrected chi connectivity index (χ4v) is 3.93. The highest BCUT2D eigenvalue weighted by molar-refractivity contribution is 6.04. The SMILES string of the molecule is Cc1ccc(-c2cc(C(=O)Nc3c(C)cc(C)cc3C)nn2-c2cccc(C)c2)cc1. The van der Waals surface area contributed by atoms with Crippen molar-refractivity contribution in [3.63, 3.8) is 0 Å². The molecule has 0 aliphatic carbocycles. The smallest absolute Gasteiger partial charge is 0.276 e. The van der Waals surface area contributed by atoms with Crippen molar-refractivity contribution < 1.29 is 4.79 Å². The number of amides is 1. The predicted molar refractivity (Wildman–Crippen MR) is 127 cm³/mol. The van der Waals surface area contributed by atoms with E-state index in [2.05, 4.69) is 74.6 Å². The molecule has 0 radical (unpaired) electrons. The molecule has 4 rings (SSSR count). The van der Waals surface area contributed by atoms with Crippen LogP contribution in [0.4, 0.5) is 5.69 Å². The summed E-state index contributed by atoms with van der Waals surface area (Å²) in [5, 5.41) is 7.77. The topological polar surface area (TPSA) is 46.9 Å². The van der Waals surface area contributed by atoms with E-state index in [1.54, 1.807) is 0 Å². The van der Waals surface area contributed by atoms with Gasteiger partial charge in [0.2, 0.25) is 0 Å². The number of nitrogens with zero attached hydrogens (tertiary/aromatic N) is 2. The lowest BCUT2D eigenvalue weighted by atomic mass is 10.0. The van der Waals surface area contributed by atoms with Gasteiger partial charge in [0.1, 0.15) is 0 Å². The summed E-state index contributed by atoms with van der Waals surface area (Å²) in [6, 6.07) is 22.4. The van der Waals surface area contributed by atoms with Crippen LogP contribution in [0.2, 0.25) is 0 Å². The van der Waals surface area contributed by atoms with E-state index in [1.165, 1.54) is 11.1 Å². The van der Waals surface area contributed by atoms with Crippen molar-refractivity contribution in [3.8, 4) is 16.9 Å². The zero-order chi connectivity index (χ0) is 22.1. The molecule has 0 bridgehead atoms. The molecule has 1 amide bonds. The van der Waals surface area contributed by atoms with Gasteiger partial charge in [0.15, 0.2) is 5.69 Å². The lowest BCUT2D eigenvalue weighted by Crippen LogP contribution is -2.15. The van der Waals surface area contributed by atoms with Crippen molar-refractivity contribution in [2.75, 3.05) is 5.32 Å². The van der Waals surface area contributed by atoms with E-state index in [0.29, 0.717) is 5.69 Å². The Labute approximate surface area is 183 Å². The minimum atomic E-state index is -0.213. The predicted octanol–water partition coefficient (Wildman–Crippen LogP) is 6.33. The Morgan fingerprint density at radius 1 is 0.774 bits per heavy atom. The second kappa shape index (κ2) is 8.23. The molecule has 4 heteroatoms. The van der Waals surface area contributed by atoms with Crippen LogP contribution in [0.25, 0.3) is 16.9 Å². The van der Waals surface area contributed by atoms with E-state index in [1.807, 2.05) is 36.7 Å². The highest BCUT2D eigenvalue weighted by atomic mass is 16.2. The van der Waals surface area contributed by atoms with E-state index in [9.17, 15) is 4.79 Å². The third-order valence-corrected chi connectivity index (χ3v) is 5.45. The minimum absolute atomic E-state index is 0.213. The number of benzene rings is 3. The Morgan fingerprint density at radius 2 is 1.45 bits per heavy atom. The van der Waals surface area contributed by atoms with Crippen LogP contribution in [0.5, 0.6) is 0 Å². The minimum Gasteiger partial charge on any atom is -0.320 e. The first-order valence-electron chi connectivity index (χ1n) is 10.4. The number of carbonyl (C=O) groups excluding carboxylic acids is 1. The van der Waals surface area contributed by atoms with Crippen LogP contribution in [0.15, 0.2) is 66.7 Å². The Hall–Kier alpha value is -3.66. The summed E-state index contributed by atoms with van der Waals surface area (Å²) in [7, 11) is 0. The molecular weight excluding hydrogens is 382 g/mol. The number of aromatic nitrogens is 2. The first kappa shape index (κ1) is 20.6. The molecule has 0 atom stereocenters. The average Bonchev–Trinajstić information content (AvgIpc) is 3.17. The highest BCUT2D eigenvalue weighted by Gasteiger charge is 2.18. The largest absolute Gasteiger partial charge is 0.320 e. The summed E-state index contributed by atoms with van der Waals surface area (Å²) >= 11 is 0. The molecule has 1 aromatic heterocycles. The lowest BCUT2D eigenvalue weighted by Gasteiger charge is -2.12. The molecule has 0 saturated carbocycles. The van der Waals surface area contributed by atoms with E-state index >= 15 is 0 Å². The number of aryl methyl sites for hydroxylation is 5. The molecule has 0 aliphatic rings. The van der Waals surface area contributed by atoms with E-state index in [0.717, 1.165) is 39.3 Å². The fraction of sp³-hybridized carbons (Fsp3) is 0.185. The molecule has 3 aromatic carbocycles. The maximum absolute atomic E-state index is 13.2. The maximum Gasteiger partial charge on any atom is 0.276 e. The molecule has 1 heterocycles. The van der Waals surface area contributed by atoms with Crippen molar-refractivity contribution in [3.05, 3.63) is 100 Å². The number of rotatable bonds is 4. The Morgan fingerprint density at radius 3 is 2.10 bits per heavy atom. The Kier molecular flexibility index (Phi) is 5.47. The molecule has 0 unspecified atom stereocenters. The van der Waals surface area contributed by atoms with Gasteiger partial charge in [-0.05, 0) is 69.5 Å². The van der Waals surface area contributed by atoms with Crippen molar-refractivity contribution in [1.29, 1.82) is 0 Å². The summed E-state index contributed by atoms with van der Waals surface area (Å²) in [6.45, 7) is 10.2. The van der Waals surface area contributed by atoms with Crippen LogP contribution in [-0.4, -0.2) is 15.7 Å². The summed E-state index contributed by atoms with van der Waals surface area (Å²) in [5.41, 5.74) is 9.65. The van der Waals surface area contributed by atoms with Gasteiger partial charge in [-0.3, -0.25) is 4.79 Å². The second-order valence-corrected chi connectivity index (χ2v) is 8.26. The zero-order valence-electron chi connectivity index (χ0n) is 18.7. The van der Waals surface area contributed by atoms with Crippen molar-refractivity contribution in [1.82, 2.24) is 9.78 Å². The summed E-state index contributed by atoms with van der Waals surface area (Å²) in [5.74, 6) is -0.213. The molecular formula is C27H27N3O. The quantitative estimate of drug-likeness (QED) is 0.428. The van der Waals surface area contributed by atoms with E-state index < -0.39 is 0 Å². The van der Waals surface area contributed by atoms with Crippen LogP contribution in [0.1, 0.15) is 38.3 Å². The van der Waals surface area contributed by atoms with Gasteiger partial charge in [-0.15, -0.1) is 0 Å². The molecule has 0 spiro atoms. The number of hydrogen-bond acceptors (Lipinski definition) is 2. The van der Waals surface area contributed by atoms with Gasteiger partial charge < -0.3 is 5.32 Å². The van der Waals surface area contributed by atoms with Gasteiger partial charge in [-0.2, -0.15) is 5.10 Å². The van der Waals surface area contributed by atoms with Crippen LogP contribution in [-0.2, 0) is 0 Å². The molecule has 4 aromatic rings. The summed E-state index contributed by atoms with van der Waals surface area (Å²) < 4.78 is 1.85. The van der Waals surface area contributed by atoms with Gasteiger partial charge in [0.05, 0.1) is 11.4 Å². The van der Waals surface area contributed by atoms with Crippen LogP contribution >= 0.6 is 0 Å². The van der Waals surface area contributed by atoms with Crippen molar-refractivity contribution in [2.45, 2.75) is 34.6 Å². The highest BCUT2D eigenvalue weighted by Crippen LogP contribution is 2.27. The zero-order valence-corrected chi connectivity index (χ0v) is 18.7. The van der Waals surface area contributed by atoms with E-state index in [4.69, 9.17) is 5.10 Å². The molecule has 1 N–H and O–H groups in total. The van der Waals surface area contributed by atoms with Gasteiger partial charge in [-0.1, -0.05) is 59.7 Å². The second-order valence-electron chi connectivity index (χ2n) is 8.26. The maximum atomic E-state index is 13.2. The molecule has 0 fully saturated rings. The summed E-state index contributed by atoms with van der Waals surface area (Å²) in [4.78, 5) is 13.2. The fourth-order valence-electron chi connectivity index (χ4n) is 3.93. The normalized spacial score (nSPS) is 10.9. The molecule has 0 saturated heterocycles. The number of anilines is 1. The van der Waals surface area contributed by atoms with Crippen molar-refractivity contribution in [2.24, 2.45) is 0 Å². The van der Waals surface area contributed by atoms with Gasteiger partial charge >= 0.3 is 0 Å². The van der Waals surface area contributed by atoms with Crippen molar-refractivity contribution >= 4 is 11.6 Å². The van der Waals surface area contributed by atoms with E-state index in [-0.39, 0.29) is 5.91 Å². The number of nitrogens with one attached hydrogen (secondary N) is 1. The van der Waals surface area contributed by atoms with Gasteiger partial charge in [0, 0.05) is 11.3 Å². The van der Waals surface area contributed by atoms with Gasteiger partial charge in [-0.25, -0.2) is 4.68 Å². The van der Waals surface area contributed by atoms with Crippen LogP contribution < -0.4 is 5.32 Å². The molecule has 156 valence electrons. The standard InChI is InChI=1S/C27H27N3O/c1-17-9-11-22(12-10-17)25-16-24(29-30(25)23-8-6-7-18(2)15-23)27(31)28-26-20(4)13-19(3)14-21(26)5/h6-16H,1-5H3,(H,28,31). The molecule has 4 nitrogen and oxygen atoms in total. The third kappa shape index (κ3) is 4.29. The first-order chi connectivity index (χ1) is 14.8. The van der Waals surface area contributed by atoms with Gasteiger partial charge in [0.25, 0.3) is 5.91 Å². The average molecular weight is 410 g/mol. The molecule has 31 heavy (non-hydrogen) atoms. The van der Waals surface area contributed by atoms with Crippen LogP contribution in [0.3, 0.4) is 0 Å². The Bertz CT molecular complexity index is 1240. The first-order valence-corrected chi connectivity index (χ1v) is 10.4. The number of hydrogen-bond donors (Lipinski definition) is 1. The third-order valence-electron chi connectivity index (χ3n) is 5.45. The summed E-state index contributed by atoms with van der Waals surface area (Å²) in [6.07, 6.45) is 0. The number of carbonyl (C=O) groups is 1. The van der Waals surface area contributed by atoms with Crippen LogP contribution in [0, 0.1) is 34.6 Å². The monoisotopic (exact) mass is 409 g/mol. The lowest BCUT2D eigenvalue weighted by molar-refractivity contribution is 0.102. The Balaban J connectivity index is 1.78. The molecule has 0 aliphatic heterocycles.